The van der Waals surface area contributed by atoms with Crippen molar-refractivity contribution < 1.29 is 9.59 Å². The Kier molecular flexibility index (Phi) is 5.98. The Bertz CT molecular complexity index is 551. The third-order valence-corrected chi connectivity index (χ3v) is 4.01. The highest BCUT2D eigenvalue weighted by Crippen LogP contribution is 2.16. The summed E-state index contributed by atoms with van der Waals surface area (Å²) in [5, 5.41) is 2.80. The molecule has 23 heavy (non-hydrogen) atoms. The van der Waals surface area contributed by atoms with Crippen LogP contribution in [0.15, 0.2) is 24.3 Å². The molecule has 1 aliphatic heterocycles. The van der Waals surface area contributed by atoms with E-state index in [9.17, 15) is 9.59 Å². The molecule has 0 atom stereocenters. The molecule has 126 valence electrons. The topological polar surface area (TPSA) is 55.9 Å². The van der Waals surface area contributed by atoms with E-state index in [1.54, 1.807) is 0 Å². The van der Waals surface area contributed by atoms with Crippen LogP contribution in [0.1, 0.15) is 17.3 Å². The molecule has 0 radical (unpaired) electrons. The molecule has 0 aliphatic carbocycles. The lowest BCUT2D eigenvalue weighted by molar-refractivity contribution is -0.122. The van der Waals surface area contributed by atoms with Gasteiger partial charge in [0.1, 0.15) is 0 Å². The van der Waals surface area contributed by atoms with Crippen LogP contribution in [-0.4, -0.2) is 75.0 Å². The van der Waals surface area contributed by atoms with Crippen LogP contribution in [0, 0.1) is 0 Å². The number of hydrogen-bond donors (Lipinski definition) is 1. The molecule has 1 aromatic rings. The first kappa shape index (κ1) is 17.3. The largest absolute Gasteiger partial charge is 0.378 e. The Hall–Kier alpha value is -2.08. The Morgan fingerprint density at radius 3 is 2.48 bits per heavy atom. The van der Waals surface area contributed by atoms with Crippen LogP contribution in [0.2, 0.25) is 0 Å². The minimum Gasteiger partial charge on any atom is -0.378 e. The van der Waals surface area contributed by atoms with Gasteiger partial charge in [-0.1, -0.05) is 6.07 Å². The Morgan fingerprint density at radius 1 is 1.17 bits per heavy atom. The summed E-state index contributed by atoms with van der Waals surface area (Å²) in [5.41, 5.74) is 1.74. The molecule has 0 aromatic heterocycles. The maximum Gasteiger partial charge on any atom is 0.254 e. The number of nitrogens with zero attached hydrogens (tertiary/aromatic N) is 3. The molecule has 1 aromatic carbocycles. The van der Waals surface area contributed by atoms with Gasteiger partial charge >= 0.3 is 0 Å². The van der Waals surface area contributed by atoms with E-state index in [0.29, 0.717) is 31.7 Å². The van der Waals surface area contributed by atoms with E-state index in [2.05, 4.69) is 10.2 Å². The predicted octanol–water partition coefficient (Wildman–Crippen LogP) is 0.647. The summed E-state index contributed by atoms with van der Waals surface area (Å²) in [6.45, 7) is 5.75. The van der Waals surface area contributed by atoms with E-state index in [4.69, 9.17) is 0 Å². The fourth-order valence-corrected chi connectivity index (χ4v) is 2.66. The first-order valence-electron chi connectivity index (χ1n) is 8.07. The van der Waals surface area contributed by atoms with Gasteiger partial charge in [-0.15, -0.1) is 0 Å². The number of anilines is 1. The second-order valence-electron chi connectivity index (χ2n) is 5.97. The molecule has 1 aliphatic rings. The molecule has 6 heteroatoms. The zero-order valence-corrected chi connectivity index (χ0v) is 14.2. The van der Waals surface area contributed by atoms with Gasteiger partial charge in [-0.05, 0) is 25.1 Å². The third kappa shape index (κ3) is 4.69. The Balaban J connectivity index is 1.91. The van der Waals surface area contributed by atoms with E-state index in [1.165, 1.54) is 0 Å². The molecule has 2 amide bonds. The third-order valence-electron chi connectivity index (χ3n) is 4.01. The predicted molar refractivity (Wildman–Crippen MR) is 91.8 cm³/mol. The van der Waals surface area contributed by atoms with Crippen LogP contribution in [0.25, 0.3) is 0 Å². The number of carbonyl (C=O) groups is 2. The molecule has 6 nitrogen and oxygen atoms in total. The molecule has 0 spiro atoms. The maximum absolute atomic E-state index is 12.6. The molecule has 0 unspecified atom stereocenters. The average Bonchev–Trinajstić information content (AvgIpc) is 2.55. The highest BCUT2D eigenvalue weighted by atomic mass is 16.2. The fourth-order valence-electron chi connectivity index (χ4n) is 2.66. The number of hydrogen-bond acceptors (Lipinski definition) is 4. The SMILES string of the molecule is CCNC(=O)CN1CCN(C(=O)c2cccc(N(C)C)c2)CC1. The van der Waals surface area contributed by atoms with E-state index in [0.717, 1.165) is 18.8 Å². The summed E-state index contributed by atoms with van der Waals surface area (Å²) in [5.74, 6) is 0.109. The molecule has 2 rings (SSSR count). The average molecular weight is 318 g/mol. The molecule has 1 N–H and O–H groups in total. The number of carbonyl (C=O) groups excluding carboxylic acids is 2. The van der Waals surface area contributed by atoms with Crippen molar-refractivity contribution >= 4 is 17.5 Å². The molecule has 1 heterocycles. The number of likely N-dealkylation sites (N-methyl/N-ethyl adjacent to an activating group) is 1. The first-order valence-corrected chi connectivity index (χ1v) is 8.07. The molecular formula is C17H26N4O2. The van der Waals surface area contributed by atoms with Crippen LogP contribution in [0.4, 0.5) is 5.69 Å². The van der Waals surface area contributed by atoms with Crippen LogP contribution >= 0.6 is 0 Å². The summed E-state index contributed by atoms with van der Waals surface area (Å²) < 4.78 is 0. The second-order valence-corrected chi connectivity index (χ2v) is 5.97. The zero-order chi connectivity index (χ0) is 16.8. The van der Waals surface area contributed by atoms with E-state index >= 15 is 0 Å². The highest BCUT2D eigenvalue weighted by molar-refractivity contribution is 5.95. The lowest BCUT2D eigenvalue weighted by Gasteiger charge is -2.34. The smallest absolute Gasteiger partial charge is 0.254 e. The van der Waals surface area contributed by atoms with E-state index in [1.807, 2.05) is 55.1 Å². The van der Waals surface area contributed by atoms with E-state index in [-0.39, 0.29) is 11.8 Å². The summed E-state index contributed by atoms with van der Waals surface area (Å²) in [6.07, 6.45) is 0. The first-order chi connectivity index (χ1) is 11.0. The Morgan fingerprint density at radius 2 is 1.87 bits per heavy atom. The number of piperazine rings is 1. The summed E-state index contributed by atoms with van der Waals surface area (Å²) in [6, 6.07) is 7.68. The maximum atomic E-state index is 12.6. The number of nitrogens with one attached hydrogen (secondary N) is 1. The summed E-state index contributed by atoms with van der Waals surface area (Å²) in [7, 11) is 3.92. The van der Waals surface area contributed by atoms with Gasteiger partial charge in [0.2, 0.25) is 5.91 Å². The lowest BCUT2D eigenvalue weighted by Crippen LogP contribution is -2.51. The van der Waals surface area contributed by atoms with Crippen LogP contribution in [-0.2, 0) is 4.79 Å². The van der Waals surface area contributed by atoms with Gasteiger partial charge < -0.3 is 15.1 Å². The van der Waals surface area contributed by atoms with Crippen LogP contribution in [0.5, 0.6) is 0 Å². The van der Waals surface area contributed by atoms with Crippen molar-refractivity contribution in [1.29, 1.82) is 0 Å². The van der Waals surface area contributed by atoms with Gasteiger partial charge in [-0.3, -0.25) is 14.5 Å². The molecule has 1 fully saturated rings. The van der Waals surface area contributed by atoms with Crippen LogP contribution in [0.3, 0.4) is 0 Å². The van der Waals surface area contributed by atoms with Crippen molar-refractivity contribution in [3.05, 3.63) is 29.8 Å². The van der Waals surface area contributed by atoms with Crippen molar-refractivity contribution in [1.82, 2.24) is 15.1 Å². The van der Waals surface area contributed by atoms with Gasteiger partial charge in [-0.25, -0.2) is 0 Å². The summed E-state index contributed by atoms with van der Waals surface area (Å²) >= 11 is 0. The van der Waals surface area contributed by atoms with Crippen molar-refractivity contribution in [2.45, 2.75) is 6.92 Å². The van der Waals surface area contributed by atoms with Gasteiger partial charge in [0.15, 0.2) is 0 Å². The van der Waals surface area contributed by atoms with Crippen molar-refractivity contribution in [3.63, 3.8) is 0 Å². The number of benzene rings is 1. The van der Waals surface area contributed by atoms with Crippen molar-refractivity contribution in [2.24, 2.45) is 0 Å². The number of rotatable bonds is 5. The normalized spacial score (nSPS) is 15.3. The van der Waals surface area contributed by atoms with Crippen molar-refractivity contribution in [2.75, 3.05) is 58.3 Å². The number of amides is 2. The van der Waals surface area contributed by atoms with Crippen molar-refractivity contribution in [3.8, 4) is 0 Å². The molecule has 0 saturated carbocycles. The van der Waals surface area contributed by atoms with Gasteiger partial charge in [0.25, 0.3) is 5.91 Å². The van der Waals surface area contributed by atoms with Crippen LogP contribution < -0.4 is 10.2 Å². The highest BCUT2D eigenvalue weighted by Gasteiger charge is 2.23. The van der Waals surface area contributed by atoms with Gasteiger partial charge in [0, 0.05) is 58.1 Å². The fraction of sp³-hybridized carbons (Fsp3) is 0.529. The zero-order valence-electron chi connectivity index (χ0n) is 14.2. The minimum atomic E-state index is 0.0472. The monoisotopic (exact) mass is 318 g/mol. The van der Waals surface area contributed by atoms with Gasteiger partial charge in [-0.2, -0.15) is 0 Å². The van der Waals surface area contributed by atoms with E-state index < -0.39 is 0 Å². The quantitative estimate of drug-likeness (QED) is 0.866. The standard InChI is InChI=1S/C17H26N4O2/c1-4-18-16(22)13-20-8-10-21(11-9-20)17(23)14-6-5-7-15(12-14)19(2)3/h5-7,12H,4,8-11,13H2,1-3H3,(H,18,22). The minimum absolute atomic E-state index is 0.0472. The Labute approximate surface area is 138 Å². The summed E-state index contributed by atoms with van der Waals surface area (Å²) in [4.78, 5) is 30.2. The molecule has 1 saturated heterocycles. The van der Waals surface area contributed by atoms with Gasteiger partial charge in [0.05, 0.1) is 6.54 Å². The lowest BCUT2D eigenvalue weighted by atomic mass is 10.1. The molecule has 0 bridgehead atoms. The molecular weight excluding hydrogens is 292 g/mol. The second kappa shape index (κ2) is 7.97.